The SMILES string of the molecule is Cc1cccc(CNC(=O)C2CC23CCN(C(=O)c2cc(CC(C)C)[nH]n2)CC3)n1. The minimum absolute atomic E-state index is 0.0109. The fraction of sp³-hybridized carbons (Fsp3) is 0.565. The summed E-state index contributed by atoms with van der Waals surface area (Å²) in [7, 11) is 0. The van der Waals surface area contributed by atoms with Crippen molar-refractivity contribution in [3.05, 3.63) is 47.0 Å². The molecule has 160 valence electrons. The van der Waals surface area contributed by atoms with E-state index in [4.69, 9.17) is 0 Å². The number of piperidine rings is 1. The zero-order valence-corrected chi connectivity index (χ0v) is 18.1. The van der Waals surface area contributed by atoms with Crippen molar-refractivity contribution in [2.24, 2.45) is 17.3 Å². The molecule has 7 nitrogen and oxygen atoms in total. The minimum Gasteiger partial charge on any atom is -0.350 e. The molecule has 1 spiro atoms. The Morgan fingerprint density at radius 1 is 1.30 bits per heavy atom. The van der Waals surface area contributed by atoms with Crippen molar-refractivity contribution in [3.8, 4) is 0 Å². The second-order valence-corrected chi connectivity index (χ2v) is 9.28. The van der Waals surface area contributed by atoms with Crippen molar-refractivity contribution in [1.82, 2.24) is 25.4 Å². The van der Waals surface area contributed by atoms with E-state index < -0.39 is 0 Å². The molecule has 0 aromatic carbocycles. The molecule has 2 amide bonds. The first-order valence-corrected chi connectivity index (χ1v) is 10.9. The van der Waals surface area contributed by atoms with Gasteiger partial charge in [-0.3, -0.25) is 19.7 Å². The van der Waals surface area contributed by atoms with Crippen molar-refractivity contribution < 1.29 is 9.59 Å². The van der Waals surface area contributed by atoms with E-state index in [1.54, 1.807) is 0 Å². The summed E-state index contributed by atoms with van der Waals surface area (Å²) in [5.74, 6) is 0.678. The van der Waals surface area contributed by atoms with Gasteiger partial charge in [-0.15, -0.1) is 0 Å². The number of likely N-dealkylation sites (tertiary alicyclic amines) is 1. The normalized spacial score (nSPS) is 19.9. The van der Waals surface area contributed by atoms with Crippen LogP contribution in [0, 0.1) is 24.2 Å². The predicted molar refractivity (Wildman–Crippen MR) is 114 cm³/mol. The van der Waals surface area contributed by atoms with Gasteiger partial charge >= 0.3 is 0 Å². The van der Waals surface area contributed by atoms with Crippen LogP contribution in [0.25, 0.3) is 0 Å². The van der Waals surface area contributed by atoms with Gasteiger partial charge in [-0.05, 0) is 62.1 Å². The lowest BCUT2D eigenvalue weighted by molar-refractivity contribution is -0.123. The highest BCUT2D eigenvalue weighted by molar-refractivity contribution is 5.92. The maximum absolute atomic E-state index is 12.8. The molecule has 1 aliphatic carbocycles. The Morgan fingerprint density at radius 3 is 2.77 bits per heavy atom. The van der Waals surface area contributed by atoms with Crippen LogP contribution in [0.2, 0.25) is 0 Å². The molecule has 0 radical (unpaired) electrons. The number of pyridine rings is 1. The molecule has 1 saturated carbocycles. The fourth-order valence-corrected chi connectivity index (χ4v) is 4.60. The van der Waals surface area contributed by atoms with Gasteiger partial charge in [0, 0.05) is 30.4 Å². The van der Waals surface area contributed by atoms with Crippen molar-refractivity contribution in [2.45, 2.75) is 53.0 Å². The first-order valence-electron chi connectivity index (χ1n) is 10.9. The van der Waals surface area contributed by atoms with E-state index in [0.29, 0.717) is 31.2 Å². The third kappa shape index (κ3) is 4.40. The van der Waals surface area contributed by atoms with Gasteiger partial charge in [-0.1, -0.05) is 19.9 Å². The molecule has 2 aromatic heterocycles. The molecular formula is C23H31N5O2. The maximum Gasteiger partial charge on any atom is 0.274 e. The number of aromatic nitrogens is 3. The smallest absolute Gasteiger partial charge is 0.274 e. The summed E-state index contributed by atoms with van der Waals surface area (Å²) < 4.78 is 0. The van der Waals surface area contributed by atoms with E-state index in [1.807, 2.05) is 36.1 Å². The first-order chi connectivity index (χ1) is 14.4. The number of aryl methyl sites for hydroxylation is 1. The van der Waals surface area contributed by atoms with Gasteiger partial charge in [0.2, 0.25) is 5.91 Å². The predicted octanol–water partition coefficient (Wildman–Crippen LogP) is 2.87. The van der Waals surface area contributed by atoms with Crippen LogP contribution in [0.15, 0.2) is 24.3 Å². The number of H-pyrrole nitrogens is 1. The highest BCUT2D eigenvalue weighted by Crippen LogP contribution is 2.59. The van der Waals surface area contributed by atoms with E-state index in [1.165, 1.54) is 0 Å². The van der Waals surface area contributed by atoms with Gasteiger partial charge in [-0.25, -0.2) is 0 Å². The second kappa shape index (κ2) is 8.20. The zero-order valence-electron chi connectivity index (χ0n) is 18.1. The molecule has 1 aliphatic heterocycles. The number of rotatable bonds is 6. The molecular weight excluding hydrogens is 378 g/mol. The lowest BCUT2D eigenvalue weighted by atomic mass is 9.90. The Hall–Kier alpha value is -2.70. The summed E-state index contributed by atoms with van der Waals surface area (Å²) in [6.45, 7) is 8.08. The molecule has 0 bridgehead atoms. The lowest BCUT2D eigenvalue weighted by Gasteiger charge is -2.32. The van der Waals surface area contributed by atoms with Crippen LogP contribution in [0.3, 0.4) is 0 Å². The number of carbonyl (C=O) groups excluding carboxylic acids is 2. The van der Waals surface area contributed by atoms with E-state index in [-0.39, 0.29) is 23.1 Å². The summed E-state index contributed by atoms with van der Waals surface area (Å²) in [5.41, 5.74) is 3.40. The van der Waals surface area contributed by atoms with E-state index in [0.717, 1.165) is 42.8 Å². The Bertz CT molecular complexity index is 927. The fourth-order valence-electron chi connectivity index (χ4n) is 4.60. The summed E-state index contributed by atoms with van der Waals surface area (Å²) >= 11 is 0. The van der Waals surface area contributed by atoms with Crippen LogP contribution in [-0.4, -0.2) is 45.0 Å². The van der Waals surface area contributed by atoms with Crippen molar-refractivity contribution in [2.75, 3.05) is 13.1 Å². The van der Waals surface area contributed by atoms with Gasteiger partial charge in [0.05, 0.1) is 12.2 Å². The van der Waals surface area contributed by atoms with Gasteiger partial charge in [0.25, 0.3) is 5.91 Å². The Kier molecular flexibility index (Phi) is 5.62. The Morgan fingerprint density at radius 2 is 2.07 bits per heavy atom. The average molecular weight is 410 g/mol. The summed E-state index contributed by atoms with van der Waals surface area (Å²) in [4.78, 5) is 31.7. The summed E-state index contributed by atoms with van der Waals surface area (Å²) in [5, 5.41) is 10.2. The number of amides is 2. The highest BCUT2D eigenvalue weighted by Gasteiger charge is 2.58. The van der Waals surface area contributed by atoms with Crippen molar-refractivity contribution in [1.29, 1.82) is 0 Å². The molecule has 3 heterocycles. The van der Waals surface area contributed by atoms with Gasteiger partial charge in [0.1, 0.15) is 5.69 Å². The molecule has 30 heavy (non-hydrogen) atoms. The second-order valence-electron chi connectivity index (χ2n) is 9.28. The Labute approximate surface area is 177 Å². The number of aromatic amines is 1. The molecule has 1 atom stereocenters. The average Bonchev–Trinajstić information content (AvgIpc) is 3.21. The van der Waals surface area contributed by atoms with Crippen LogP contribution in [0.1, 0.15) is 60.7 Å². The van der Waals surface area contributed by atoms with E-state index >= 15 is 0 Å². The van der Waals surface area contributed by atoms with Gasteiger partial charge in [-0.2, -0.15) is 5.10 Å². The summed E-state index contributed by atoms with van der Waals surface area (Å²) in [6, 6.07) is 7.71. The molecule has 2 N–H and O–H groups in total. The van der Waals surface area contributed by atoms with Crippen molar-refractivity contribution >= 4 is 11.8 Å². The molecule has 7 heteroatoms. The summed E-state index contributed by atoms with van der Waals surface area (Å²) in [6.07, 6.45) is 3.56. The van der Waals surface area contributed by atoms with Crippen LogP contribution < -0.4 is 5.32 Å². The van der Waals surface area contributed by atoms with Crippen LogP contribution in [-0.2, 0) is 17.8 Å². The van der Waals surface area contributed by atoms with E-state index in [9.17, 15) is 9.59 Å². The molecule has 1 unspecified atom stereocenters. The number of carbonyl (C=O) groups is 2. The lowest BCUT2D eigenvalue weighted by Crippen LogP contribution is -2.40. The first kappa shape index (κ1) is 20.6. The topological polar surface area (TPSA) is 91.0 Å². The standard InChI is InChI=1S/C23H31N5O2/c1-15(2)11-18-12-20(27-26-18)22(30)28-9-7-23(8-10-28)13-19(23)21(29)24-14-17-6-4-5-16(3)25-17/h4-6,12,15,19H,7-11,13-14H2,1-3H3,(H,24,29)(H,26,27). The number of nitrogens with one attached hydrogen (secondary N) is 2. The largest absolute Gasteiger partial charge is 0.350 e. The molecule has 2 aliphatic rings. The van der Waals surface area contributed by atoms with Gasteiger partial charge in [0.15, 0.2) is 0 Å². The van der Waals surface area contributed by atoms with Crippen LogP contribution >= 0.6 is 0 Å². The quantitative estimate of drug-likeness (QED) is 0.768. The third-order valence-electron chi connectivity index (χ3n) is 6.42. The van der Waals surface area contributed by atoms with Crippen molar-refractivity contribution in [3.63, 3.8) is 0 Å². The zero-order chi connectivity index (χ0) is 21.3. The van der Waals surface area contributed by atoms with Crippen LogP contribution in [0.5, 0.6) is 0 Å². The molecule has 2 fully saturated rings. The van der Waals surface area contributed by atoms with Crippen LogP contribution in [0.4, 0.5) is 0 Å². The number of nitrogens with zero attached hydrogens (tertiary/aromatic N) is 3. The minimum atomic E-state index is -0.0109. The maximum atomic E-state index is 12.8. The molecule has 2 aromatic rings. The molecule has 1 saturated heterocycles. The van der Waals surface area contributed by atoms with E-state index in [2.05, 4.69) is 34.3 Å². The van der Waals surface area contributed by atoms with Gasteiger partial charge < -0.3 is 10.2 Å². The Balaban J connectivity index is 1.27. The third-order valence-corrected chi connectivity index (χ3v) is 6.42. The highest BCUT2D eigenvalue weighted by atomic mass is 16.2. The monoisotopic (exact) mass is 409 g/mol. The number of hydrogen-bond acceptors (Lipinski definition) is 4. The number of hydrogen-bond donors (Lipinski definition) is 2. The molecule has 4 rings (SSSR count).